The van der Waals surface area contributed by atoms with Gasteiger partial charge in [0.1, 0.15) is 45.4 Å². The Kier molecular flexibility index (Phi) is 17.6. The molecule has 436 valence electrons. The normalized spacial score (nSPS) is 21.6. The number of thiazole rings is 2. The highest BCUT2D eigenvalue weighted by molar-refractivity contribution is 9.11. The summed E-state index contributed by atoms with van der Waals surface area (Å²) in [7, 11) is 5.88. The van der Waals surface area contributed by atoms with Gasteiger partial charge in [-0.05, 0) is 142 Å². The van der Waals surface area contributed by atoms with E-state index >= 15 is 0 Å². The molecule has 16 nitrogen and oxygen atoms in total. The molecule has 0 radical (unpaired) electrons. The Bertz CT molecular complexity index is 3650. The number of hydrogen-bond donors (Lipinski definition) is 3. The predicted octanol–water partition coefficient (Wildman–Crippen LogP) is 15.0. The van der Waals surface area contributed by atoms with Crippen LogP contribution in [0.5, 0.6) is 11.5 Å². The standard InChI is InChI=1S/C30H30Cl2N4O4S.C20H23Cl2N3O.C10H8BrNO3S/c1-38-23-10-16(29(37)39-2)11-24-27(23)34-30(41-24)36-18-8-9-19(36)13-17(12-18)33-14-20-26(35-40-28(20)15-6-7-15)25-21(31)4-3-5-22(25)32;21-16-2-1-3-17(22)18(16)19-15(20(26-25-19)11-4-5-11)10-23-14-8-12-6-7-13(9-14)24-12;1-14-6-3-5(9(13)15-2)4-7-8(6)12-10(11)16-7/h3-5,10-11,15,17-19,33H,6-9,12-14H2,1-2H3;1-3,11-14,23-24H,4-10H2;3-4H,1-2H3. The highest BCUT2D eigenvalue weighted by atomic mass is 79.9. The van der Waals surface area contributed by atoms with Crippen molar-refractivity contribution < 1.29 is 37.6 Å². The van der Waals surface area contributed by atoms with Crippen molar-refractivity contribution in [3.05, 3.63) is 118 Å². The van der Waals surface area contributed by atoms with E-state index in [1.54, 1.807) is 43.8 Å². The van der Waals surface area contributed by atoms with Gasteiger partial charge < -0.3 is 48.8 Å². The van der Waals surface area contributed by atoms with Crippen LogP contribution in [0, 0.1) is 0 Å². The number of ether oxygens (including phenoxy) is 4. The fraction of sp³-hybridized carbons (Fsp3) is 0.433. The molecule has 3 N–H and O–H groups in total. The van der Waals surface area contributed by atoms with Crippen molar-refractivity contribution in [3.63, 3.8) is 0 Å². The molecule has 23 heteroatoms. The number of nitrogens with one attached hydrogen (secondary N) is 3. The van der Waals surface area contributed by atoms with Crippen LogP contribution in [0.1, 0.15) is 132 Å². The van der Waals surface area contributed by atoms with Crippen molar-refractivity contribution in [1.29, 1.82) is 0 Å². The average molecular weight is 1310 g/mol. The minimum absolute atomic E-state index is 0.357. The van der Waals surface area contributed by atoms with Crippen LogP contribution in [0.2, 0.25) is 20.1 Å². The van der Waals surface area contributed by atoms with Gasteiger partial charge in [-0.2, -0.15) is 0 Å². The van der Waals surface area contributed by atoms with Crippen molar-refractivity contribution >= 4 is 123 Å². The number of carbonyl (C=O) groups is 2. The van der Waals surface area contributed by atoms with Crippen molar-refractivity contribution in [2.75, 3.05) is 33.3 Å². The Morgan fingerprint density at radius 2 is 1.07 bits per heavy atom. The number of esters is 2. The maximum Gasteiger partial charge on any atom is 0.338 e. The second-order valence-corrected chi connectivity index (χ2v) is 27.0. The summed E-state index contributed by atoms with van der Waals surface area (Å²) in [5.41, 5.74) is 7.71. The summed E-state index contributed by atoms with van der Waals surface area (Å²) in [5.74, 6) is 3.28. The largest absolute Gasteiger partial charge is 0.494 e. The maximum absolute atomic E-state index is 12.2. The molecule has 4 saturated heterocycles. The lowest BCUT2D eigenvalue weighted by Crippen LogP contribution is -2.49. The number of methoxy groups -OCH3 is 4. The third kappa shape index (κ3) is 12.4. The van der Waals surface area contributed by atoms with Crippen LogP contribution < -0.4 is 30.3 Å². The number of halogens is 5. The van der Waals surface area contributed by atoms with Gasteiger partial charge in [0.25, 0.3) is 0 Å². The van der Waals surface area contributed by atoms with Gasteiger partial charge in [0, 0.05) is 83.4 Å². The lowest BCUT2D eigenvalue weighted by atomic mass is 9.97. The van der Waals surface area contributed by atoms with Gasteiger partial charge in [-0.15, -0.1) is 11.3 Å². The summed E-state index contributed by atoms with van der Waals surface area (Å²) in [6.45, 7) is 1.42. The first-order chi connectivity index (χ1) is 40.3. The molecule has 4 aliphatic heterocycles. The van der Waals surface area contributed by atoms with E-state index in [4.69, 9.17) is 74.6 Å². The summed E-state index contributed by atoms with van der Waals surface area (Å²) < 4.78 is 34.6. The number of rotatable bonds is 15. The molecule has 14 rings (SSSR count). The molecule has 4 unspecified atom stereocenters. The van der Waals surface area contributed by atoms with Crippen LogP contribution in [-0.2, 0) is 22.6 Å². The molecule has 2 saturated carbocycles. The highest BCUT2D eigenvalue weighted by Crippen LogP contribution is 2.49. The van der Waals surface area contributed by atoms with E-state index in [-0.39, 0.29) is 11.9 Å². The molecule has 4 bridgehead atoms. The topological polar surface area (TPSA) is 188 Å². The summed E-state index contributed by atoms with van der Waals surface area (Å²) in [4.78, 5) is 35.4. The number of aromatic nitrogens is 4. The van der Waals surface area contributed by atoms with Crippen molar-refractivity contribution in [1.82, 2.24) is 36.2 Å². The monoisotopic (exact) mass is 1300 g/mol. The minimum atomic E-state index is -0.385. The van der Waals surface area contributed by atoms with Gasteiger partial charge in [0.2, 0.25) is 0 Å². The molecule has 8 aromatic rings. The van der Waals surface area contributed by atoms with Crippen LogP contribution in [0.25, 0.3) is 42.9 Å². The Balaban J connectivity index is 0.000000137. The van der Waals surface area contributed by atoms with E-state index in [0.29, 0.717) is 97.3 Å². The SMILES string of the molecule is COC(=O)c1cc(OC)c2nc(Br)sc2c1.COC(=O)c1cc(OC)c2nc(N3C4CCC3CC(NCc3c(-c5c(Cl)cccc5Cl)noc3C3CC3)C4)sc2c1.Clc1cccc(Cl)c1-c1noc(C2CC2)c1CNC1CC2CCC(C1)N2. The molecule has 4 aromatic carbocycles. The second kappa shape index (κ2) is 25.1. The molecular formula is C60H61BrCl4N8O8S2. The van der Waals surface area contributed by atoms with Crippen LogP contribution in [-0.4, -0.2) is 96.9 Å². The van der Waals surface area contributed by atoms with Crippen LogP contribution in [0.4, 0.5) is 5.13 Å². The van der Waals surface area contributed by atoms with E-state index in [9.17, 15) is 9.59 Å². The maximum atomic E-state index is 12.2. The molecule has 0 amide bonds. The fourth-order valence-corrected chi connectivity index (χ4v) is 16.2. The second-order valence-electron chi connectivity index (χ2n) is 22.0. The predicted molar refractivity (Wildman–Crippen MR) is 330 cm³/mol. The van der Waals surface area contributed by atoms with E-state index < -0.39 is 0 Å². The van der Waals surface area contributed by atoms with Gasteiger partial charge in [0.05, 0.1) is 69.1 Å². The molecule has 83 heavy (non-hydrogen) atoms. The third-order valence-corrected chi connectivity index (χ3v) is 20.4. The van der Waals surface area contributed by atoms with Crippen LogP contribution in [0.15, 0.2) is 73.6 Å². The van der Waals surface area contributed by atoms with Crippen LogP contribution >= 0.6 is 85.0 Å². The molecule has 0 spiro atoms. The first kappa shape index (κ1) is 58.3. The molecule has 8 heterocycles. The van der Waals surface area contributed by atoms with E-state index in [2.05, 4.69) is 56.8 Å². The van der Waals surface area contributed by atoms with Crippen molar-refractivity contribution in [3.8, 4) is 34.0 Å². The van der Waals surface area contributed by atoms with Crippen molar-refractivity contribution in [2.24, 2.45) is 0 Å². The Morgan fingerprint density at radius 3 is 1.52 bits per heavy atom. The van der Waals surface area contributed by atoms with Gasteiger partial charge in [0.15, 0.2) is 9.05 Å². The zero-order chi connectivity index (χ0) is 57.6. The molecule has 2 aliphatic carbocycles. The third-order valence-electron chi connectivity index (χ3n) is 16.7. The van der Waals surface area contributed by atoms with E-state index in [1.807, 2.05) is 42.5 Å². The number of fused-ring (bicyclic) bond motifs is 6. The van der Waals surface area contributed by atoms with Gasteiger partial charge >= 0.3 is 11.9 Å². The zero-order valence-electron chi connectivity index (χ0n) is 46.0. The van der Waals surface area contributed by atoms with Crippen LogP contribution in [0.3, 0.4) is 0 Å². The molecule has 4 aromatic heterocycles. The summed E-state index contributed by atoms with van der Waals surface area (Å²) in [5, 5.41) is 23.5. The number of hydrogen-bond acceptors (Lipinski definition) is 18. The smallest absolute Gasteiger partial charge is 0.338 e. The number of benzene rings is 4. The number of carbonyl (C=O) groups excluding carboxylic acids is 2. The molecular weight excluding hydrogens is 1250 g/mol. The van der Waals surface area contributed by atoms with Gasteiger partial charge in [-0.1, -0.05) is 80.2 Å². The number of nitrogens with zero attached hydrogens (tertiary/aromatic N) is 5. The first-order valence-corrected chi connectivity index (χ1v) is 31.9. The fourth-order valence-electron chi connectivity index (χ4n) is 12.4. The number of anilines is 1. The first-order valence-electron chi connectivity index (χ1n) is 27.9. The lowest BCUT2D eigenvalue weighted by Gasteiger charge is -2.39. The molecule has 6 aliphatic rings. The Labute approximate surface area is 516 Å². The zero-order valence-corrected chi connectivity index (χ0v) is 52.2. The van der Waals surface area contributed by atoms with Gasteiger partial charge in [-0.3, -0.25) is 0 Å². The Morgan fingerprint density at radius 1 is 0.627 bits per heavy atom. The number of piperidine rings is 2. The molecule has 6 fully saturated rings. The van der Waals surface area contributed by atoms with Crippen molar-refractivity contribution in [2.45, 2.75) is 138 Å². The molecule has 4 atom stereocenters. The Hall–Kier alpha value is -5.06. The van der Waals surface area contributed by atoms with E-state index in [0.717, 1.165) is 120 Å². The van der Waals surface area contributed by atoms with E-state index in [1.165, 1.54) is 64.1 Å². The average Bonchev–Trinajstić information content (AvgIpc) is 2.94. The van der Waals surface area contributed by atoms with Gasteiger partial charge in [-0.25, -0.2) is 19.6 Å². The minimum Gasteiger partial charge on any atom is -0.494 e. The quantitative estimate of drug-likeness (QED) is 0.0822. The highest BCUT2D eigenvalue weighted by Gasteiger charge is 2.43. The summed E-state index contributed by atoms with van der Waals surface area (Å²) in [6.07, 6.45) is 13.9. The lowest BCUT2D eigenvalue weighted by molar-refractivity contribution is 0.0592. The summed E-state index contributed by atoms with van der Waals surface area (Å²) >= 11 is 32.4. The summed E-state index contributed by atoms with van der Waals surface area (Å²) in [6, 6.07) is 21.0.